The van der Waals surface area contributed by atoms with Gasteiger partial charge in [-0.3, -0.25) is 0 Å². The number of halogens is 1. The Balaban J connectivity index is 2.31. The molecule has 0 amide bonds. The lowest BCUT2D eigenvalue weighted by atomic mass is 10.1. The van der Waals surface area contributed by atoms with Crippen molar-refractivity contribution in [1.82, 2.24) is 9.97 Å². The largest absolute Gasteiger partial charge is 0.479 e. The monoisotopic (exact) mass is 279 g/mol. The molecule has 0 unspecified atom stereocenters. The Morgan fingerprint density at radius 1 is 1.26 bits per heavy atom. The minimum atomic E-state index is 0.260. The lowest BCUT2D eigenvalue weighted by Gasteiger charge is -2.10. The van der Waals surface area contributed by atoms with Crippen molar-refractivity contribution in [2.45, 2.75) is 13.3 Å². The number of aryl methyl sites for hydroxylation is 1. The molecule has 2 N–H and O–H groups in total. The summed E-state index contributed by atoms with van der Waals surface area (Å²) in [6, 6.07) is 5.40. The number of anilines is 1. The quantitative estimate of drug-likeness (QED) is 0.931. The summed E-state index contributed by atoms with van der Waals surface area (Å²) in [5.41, 5.74) is 7.10. The smallest absolute Gasteiger partial charge is 0.249 e. The van der Waals surface area contributed by atoms with Crippen molar-refractivity contribution < 1.29 is 9.47 Å². The number of ether oxygens (including phenoxy) is 2. The highest BCUT2D eigenvalue weighted by Crippen LogP contribution is 2.31. The third kappa shape index (κ3) is 2.88. The summed E-state index contributed by atoms with van der Waals surface area (Å²) in [7, 11) is 1.49. The van der Waals surface area contributed by atoms with Gasteiger partial charge in [0.2, 0.25) is 11.8 Å². The molecule has 1 aromatic carbocycles. The van der Waals surface area contributed by atoms with Crippen molar-refractivity contribution in [3.63, 3.8) is 0 Å². The fourth-order valence-electron chi connectivity index (χ4n) is 1.61. The molecule has 6 heteroatoms. The first kappa shape index (κ1) is 13.4. The second-order valence-electron chi connectivity index (χ2n) is 3.81. The van der Waals surface area contributed by atoms with Gasteiger partial charge in [0.25, 0.3) is 0 Å². The van der Waals surface area contributed by atoms with Gasteiger partial charge in [-0.05, 0) is 30.2 Å². The van der Waals surface area contributed by atoms with Crippen LogP contribution in [0.1, 0.15) is 12.5 Å². The van der Waals surface area contributed by atoms with Crippen LogP contribution in [0.2, 0.25) is 5.02 Å². The van der Waals surface area contributed by atoms with Crippen LogP contribution in [-0.2, 0) is 6.42 Å². The van der Waals surface area contributed by atoms with E-state index in [1.807, 2.05) is 13.0 Å². The Kier molecular flexibility index (Phi) is 4.06. The second-order valence-corrected chi connectivity index (χ2v) is 4.22. The number of hydrogen-bond donors (Lipinski definition) is 1. The van der Waals surface area contributed by atoms with Crippen molar-refractivity contribution in [3.8, 4) is 17.5 Å². The van der Waals surface area contributed by atoms with Crippen molar-refractivity contribution in [2.75, 3.05) is 12.8 Å². The highest BCUT2D eigenvalue weighted by atomic mass is 35.5. The molecule has 2 rings (SSSR count). The molecular formula is C13H14ClN3O2. The van der Waals surface area contributed by atoms with E-state index in [0.29, 0.717) is 10.8 Å². The number of aromatic nitrogens is 2. The molecular weight excluding hydrogens is 266 g/mol. The Morgan fingerprint density at radius 2 is 2.00 bits per heavy atom. The van der Waals surface area contributed by atoms with E-state index in [0.717, 1.165) is 12.0 Å². The minimum Gasteiger partial charge on any atom is -0.479 e. The minimum absolute atomic E-state index is 0.260. The summed E-state index contributed by atoms with van der Waals surface area (Å²) in [6.07, 6.45) is 2.15. The van der Waals surface area contributed by atoms with Gasteiger partial charge in [-0.25, -0.2) is 0 Å². The summed E-state index contributed by atoms with van der Waals surface area (Å²) >= 11 is 6.05. The molecule has 0 saturated heterocycles. The normalized spacial score (nSPS) is 10.3. The number of hydrogen-bond acceptors (Lipinski definition) is 5. The summed E-state index contributed by atoms with van der Waals surface area (Å²) < 4.78 is 10.6. The van der Waals surface area contributed by atoms with Crippen LogP contribution in [0.5, 0.6) is 17.5 Å². The zero-order chi connectivity index (χ0) is 13.8. The average molecular weight is 280 g/mol. The van der Waals surface area contributed by atoms with Gasteiger partial charge in [0.1, 0.15) is 12.1 Å². The van der Waals surface area contributed by atoms with Gasteiger partial charge in [0.05, 0.1) is 7.11 Å². The molecule has 0 bridgehead atoms. The Morgan fingerprint density at radius 3 is 2.68 bits per heavy atom. The number of benzene rings is 1. The van der Waals surface area contributed by atoms with Crippen LogP contribution in [0.4, 0.5) is 5.69 Å². The number of rotatable bonds is 4. The predicted molar refractivity (Wildman–Crippen MR) is 73.9 cm³/mol. The first-order valence-electron chi connectivity index (χ1n) is 5.76. The summed E-state index contributed by atoms with van der Waals surface area (Å²) in [5.74, 6) is 1.17. The Bertz CT molecular complexity index is 590. The molecule has 0 aliphatic heterocycles. The molecule has 0 radical (unpaired) electrons. The lowest BCUT2D eigenvalue weighted by molar-refractivity contribution is 0.391. The summed E-state index contributed by atoms with van der Waals surface area (Å²) in [4.78, 5) is 7.88. The molecule has 0 aliphatic rings. The molecule has 0 fully saturated rings. The fourth-order valence-corrected chi connectivity index (χ4v) is 1.86. The molecule has 1 aromatic heterocycles. The van der Waals surface area contributed by atoms with Crippen molar-refractivity contribution in [2.24, 2.45) is 0 Å². The number of nitrogen functional groups attached to an aromatic ring is 1. The molecule has 0 aliphatic carbocycles. The van der Waals surface area contributed by atoms with Crippen LogP contribution in [0, 0.1) is 0 Å². The van der Waals surface area contributed by atoms with Gasteiger partial charge >= 0.3 is 0 Å². The van der Waals surface area contributed by atoms with Crippen LogP contribution < -0.4 is 15.2 Å². The highest BCUT2D eigenvalue weighted by Gasteiger charge is 2.11. The highest BCUT2D eigenvalue weighted by molar-refractivity contribution is 6.31. The van der Waals surface area contributed by atoms with Gasteiger partial charge in [-0.1, -0.05) is 18.5 Å². The molecule has 19 heavy (non-hydrogen) atoms. The zero-order valence-corrected chi connectivity index (χ0v) is 11.4. The van der Waals surface area contributed by atoms with E-state index < -0.39 is 0 Å². The van der Waals surface area contributed by atoms with Gasteiger partial charge in [0.15, 0.2) is 5.69 Å². The predicted octanol–water partition coefficient (Wildman–Crippen LogP) is 3.08. The van der Waals surface area contributed by atoms with E-state index in [1.54, 1.807) is 12.1 Å². The van der Waals surface area contributed by atoms with Crippen LogP contribution in [0.15, 0.2) is 24.5 Å². The number of methoxy groups -OCH3 is 1. The maximum absolute atomic E-state index is 6.05. The maximum atomic E-state index is 6.05. The lowest BCUT2D eigenvalue weighted by Crippen LogP contribution is -2.00. The number of nitrogens with two attached hydrogens (primary N) is 1. The fraction of sp³-hybridized carbons (Fsp3) is 0.231. The van der Waals surface area contributed by atoms with Crippen LogP contribution in [0.3, 0.4) is 0 Å². The third-order valence-electron chi connectivity index (χ3n) is 2.62. The molecule has 0 atom stereocenters. The van der Waals surface area contributed by atoms with Crippen LogP contribution in [-0.4, -0.2) is 17.1 Å². The van der Waals surface area contributed by atoms with Gasteiger partial charge in [0, 0.05) is 5.02 Å². The Labute approximate surface area is 116 Å². The van der Waals surface area contributed by atoms with Gasteiger partial charge < -0.3 is 15.2 Å². The van der Waals surface area contributed by atoms with E-state index in [2.05, 4.69) is 9.97 Å². The van der Waals surface area contributed by atoms with E-state index in [-0.39, 0.29) is 17.4 Å². The van der Waals surface area contributed by atoms with Crippen molar-refractivity contribution in [3.05, 3.63) is 35.1 Å². The Hall–Kier alpha value is -2.01. The number of nitrogens with zero attached hydrogens (tertiary/aromatic N) is 2. The summed E-state index contributed by atoms with van der Waals surface area (Å²) in [6.45, 7) is 2.02. The molecule has 0 spiro atoms. The maximum Gasteiger partial charge on any atom is 0.249 e. The van der Waals surface area contributed by atoms with Crippen molar-refractivity contribution >= 4 is 17.3 Å². The SMILES string of the molecule is CCc1cc(Oc2ncnc(OC)c2N)ccc1Cl. The van der Waals surface area contributed by atoms with E-state index in [4.69, 9.17) is 26.8 Å². The van der Waals surface area contributed by atoms with Crippen LogP contribution in [0.25, 0.3) is 0 Å². The van der Waals surface area contributed by atoms with Crippen molar-refractivity contribution in [1.29, 1.82) is 0 Å². The van der Waals surface area contributed by atoms with E-state index in [1.165, 1.54) is 13.4 Å². The zero-order valence-electron chi connectivity index (χ0n) is 10.7. The van der Waals surface area contributed by atoms with E-state index >= 15 is 0 Å². The molecule has 0 saturated carbocycles. The van der Waals surface area contributed by atoms with Gasteiger partial charge in [-0.15, -0.1) is 0 Å². The standard InChI is InChI=1S/C13H14ClN3O2/c1-3-8-6-9(4-5-10(8)14)19-13-11(15)12(18-2)16-7-17-13/h4-7H,3,15H2,1-2H3. The molecule has 2 aromatic rings. The third-order valence-corrected chi connectivity index (χ3v) is 2.99. The van der Waals surface area contributed by atoms with Gasteiger partial charge in [-0.2, -0.15) is 9.97 Å². The second kappa shape index (κ2) is 5.75. The first-order chi connectivity index (χ1) is 9.15. The molecule has 100 valence electrons. The molecule has 5 nitrogen and oxygen atoms in total. The first-order valence-corrected chi connectivity index (χ1v) is 6.14. The van der Waals surface area contributed by atoms with Crippen LogP contribution >= 0.6 is 11.6 Å². The van der Waals surface area contributed by atoms with E-state index in [9.17, 15) is 0 Å². The molecule has 1 heterocycles. The summed E-state index contributed by atoms with van der Waals surface area (Å²) in [5, 5.41) is 0.711. The average Bonchev–Trinajstić information content (AvgIpc) is 2.43. The topological polar surface area (TPSA) is 70.3 Å².